The molecule has 3 nitrogen and oxygen atoms in total. The first kappa shape index (κ1) is 11.0. The van der Waals surface area contributed by atoms with E-state index >= 15 is 0 Å². The van der Waals surface area contributed by atoms with E-state index in [1.807, 2.05) is 0 Å². The number of hydrogen-bond donors (Lipinski definition) is 2. The molecule has 1 fully saturated rings. The highest BCUT2D eigenvalue weighted by molar-refractivity contribution is 4.77. The van der Waals surface area contributed by atoms with Crippen LogP contribution in [0.1, 0.15) is 26.7 Å². The maximum atomic E-state index is 8.84. The van der Waals surface area contributed by atoms with Gasteiger partial charge in [0.05, 0.1) is 6.61 Å². The van der Waals surface area contributed by atoms with Gasteiger partial charge in [-0.2, -0.15) is 0 Å². The largest absolute Gasteiger partial charge is 0.396 e. The summed E-state index contributed by atoms with van der Waals surface area (Å²) in [5, 5.41) is 12.3. The Balaban J connectivity index is 2.15. The third kappa shape index (κ3) is 4.07. The minimum Gasteiger partial charge on any atom is -0.396 e. The van der Waals surface area contributed by atoms with Crippen molar-refractivity contribution in [2.45, 2.75) is 32.7 Å². The summed E-state index contributed by atoms with van der Waals surface area (Å²) in [6.07, 6.45) is 1.97. The maximum absolute atomic E-state index is 8.84. The van der Waals surface area contributed by atoms with E-state index in [1.54, 1.807) is 0 Å². The van der Waals surface area contributed by atoms with Gasteiger partial charge < -0.3 is 15.2 Å². The number of nitrogens with one attached hydrogen (secondary N) is 1. The third-order valence-corrected chi connectivity index (χ3v) is 2.59. The van der Waals surface area contributed by atoms with Crippen LogP contribution < -0.4 is 5.32 Å². The normalized spacial score (nSPS) is 23.8. The van der Waals surface area contributed by atoms with Gasteiger partial charge in [-0.3, -0.25) is 0 Å². The monoisotopic (exact) mass is 187 g/mol. The minimum atomic E-state index is 0.192. The smallest absolute Gasteiger partial charge is 0.0620 e. The van der Waals surface area contributed by atoms with Gasteiger partial charge in [0.1, 0.15) is 0 Å². The minimum absolute atomic E-state index is 0.192. The van der Waals surface area contributed by atoms with Crippen LogP contribution in [0.3, 0.4) is 0 Å². The van der Waals surface area contributed by atoms with E-state index in [4.69, 9.17) is 9.84 Å². The Morgan fingerprint density at radius 2 is 2.31 bits per heavy atom. The van der Waals surface area contributed by atoms with Crippen LogP contribution in [0.2, 0.25) is 0 Å². The molecule has 2 N–H and O–H groups in total. The van der Waals surface area contributed by atoms with Gasteiger partial charge in [-0.25, -0.2) is 0 Å². The van der Waals surface area contributed by atoms with Crippen LogP contribution in [-0.4, -0.2) is 37.5 Å². The molecule has 78 valence electrons. The predicted octanol–water partition coefficient (Wildman–Crippen LogP) is 0.773. The lowest BCUT2D eigenvalue weighted by Crippen LogP contribution is -2.37. The second-order valence-electron chi connectivity index (χ2n) is 4.58. The first-order chi connectivity index (χ1) is 6.14. The highest BCUT2D eigenvalue weighted by atomic mass is 16.5. The first-order valence-corrected chi connectivity index (χ1v) is 5.06. The average Bonchev–Trinajstić information content (AvgIpc) is 2.52. The average molecular weight is 187 g/mol. The van der Waals surface area contributed by atoms with Crippen molar-refractivity contribution in [3.8, 4) is 0 Å². The Kier molecular flexibility index (Phi) is 4.16. The second-order valence-corrected chi connectivity index (χ2v) is 4.58. The molecule has 0 spiro atoms. The summed E-state index contributed by atoms with van der Waals surface area (Å²) in [5.74, 6) is 0. The zero-order chi connectivity index (χ0) is 9.73. The lowest BCUT2D eigenvalue weighted by atomic mass is 9.89. The van der Waals surface area contributed by atoms with Gasteiger partial charge in [0, 0.05) is 25.8 Å². The molecule has 1 heterocycles. The highest BCUT2D eigenvalue weighted by Crippen LogP contribution is 2.18. The van der Waals surface area contributed by atoms with Crippen molar-refractivity contribution < 1.29 is 9.84 Å². The van der Waals surface area contributed by atoms with Crippen LogP contribution in [0.4, 0.5) is 0 Å². The fraction of sp³-hybridized carbons (Fsp3) is 1.00. The predicted molar refractivity (Wildman–Crippen MR) is 52.7 cm³/mol. The molecule has 3 heteroatoms. The SMILES string of the molecule is CC(C)(CCO)CNC1CCOC1. The molecule has 1 aliphatic rings. The lowest BCUT2D eigenvalue weighted by Gasteiger charge is -2.25. The molecular formula is C10H21NO2. The standard InChI is InChI=1S/C10H21NO2/c1-10(2,4-5-12)8-11-9-3-6-13-7-9/h9,11-12H,3-8H2,1-2H3. The van der Waals surface area contributed by atoms with E-state index in [-0.39, 0.29) is 12.0 Å². The quantitative estimate of drug-likeness (QED) is 0.668. The topological polar surface area (TPSA) is 41.5 Å². The molecule has 0 aromatic rings. The Bertz CT molecular complexity index is 142. The zero-order valence-electron chi connectivity index (χ0n) is 8.68. The molecule has 0 bridgehead atoms. The third-order valence-electron chi connectivity index (χ3n) is 2.59. The first-order valence-electron chi connectivity index (χ1n) is 5.06. The molecule has 0 aliphatic carbocycles. The molecule has 1 unspecified atom stereocenters. The summed E-state index contributed by atoms with van der Waals surface area (Å²) < 4.78 is 5.27. The molecule has 1 saturated heterocycles. The van der Waals surface area contributed by atoms with Crippen LogP contribution in [0.15, 0.2) is 0 Å². The fourth-order valence-electron chi connectivity index (χ4n) is 1.51. The molecule has 0 saturated carbocycles. The Hall–Kier alpha value is -0.120. The van der Waals surface area contributed by atoms with E-state index in [2.05, 4.69) is 19.2 Å². The number of aliphatic hydroxyl groups is 1. The molecule has 1 rings (SSSR count). The number of ether oxygens (including phenoxy) is 1. The van der Waals surface area contributed by atoms with Gasteiger partial charge in [-0.05, 0) is 18.3 Å². The number of hydrogen-bond acceptors (Lipinski definition) is 3. The van der Waals surface area contributed by atoms with Crippen molar-refractivity contribution >= 4 is 0 Å². The second kappa shape index (κ2) is 4.94. The Morgan fingerprint density at radius 3 is 2.85 bits per heavy atom. The van der Waals surface area contributed by atoms with Crippen molar-refractivity contribution in [3.05, 3.63) is 0 Å². The Labute approximate surface area is 80.5 Å². The van der Waals surface area contributed by atoms with E-state index in [0.29, 0.717) is 6.04 Å². The summed E-state index contributed by atoms with van der Waals surface area (Å²) in [5.41, 5.74) is 0.192. The van der Waals surface area contributed by atoms with Crippen LogP contribution in [-0.2, 0) is 4.74 Å². The Morgan fingerprint density at radius 1 is 1.54 bits per heavy atom. The van der Waals surface area contributed by atoms with Crippen LogP contribution in [0.25, 0.3) is 0 Å². The molecule has 1 aliphatic heterocycles. The van der Waals surface area contributed by atoms with Gasteiger partial charge in [-0.15, -0.1) is 0 Å². The van der Waals surface area contributed by atoms with Crippen molar-refractivity contribution in [3.63, 3.8) is 0 Å². The molecule has 13 heavy (non-hydrogen) atoms. The number of rotatable bonds is 5. The summed E-state index contributed by atoms with van der Waals surface area (Å²) in [6, 6.07) is 0.526. The van der Waals surface area contributed by atoms with E-state index in [0.717, 1.165) is 32.6 Å². The van der Waals surface area contributed by atoms with Gasteiger partial charge in [0.25, 0.3) is 0 Å². The highest BCUT2D eigenvalue weighted by Gasteiger charge is 2.21. The van der Waals surface area contributed by atoms with Gasteiger partial charge >= 0.3 is 0 Å². The maximum Gasteiger partial charge on any atom is 0.0620 e. The van der Waals surface area contributed by atoms with Crippen molar-refractivity contribution in [2.75, 3.05) is 26.4 Å². The lowest BCUT2D eigenvalue weighted by molar-refractivity contribution is 0.179. The summed E-state index contributed by atoms with van der Waals surface area (Å²) in [6.45, 7) is 7.31. The van der Waals surface area contributed by atoms with Crippen molar-refractivity contribution in [1.82, 2.24) is 5.32 Å². The van der Waals surface area contributed by atoms with Crippen LogP contribution in [0, 0.1) is 5.41 Å². The number of aliphatic hydroxyl groups excluding tert-OH is 1. The summed E-state index contributed by atoms with van der Waals surface area (Å²) in [7, 11) is 0. The molecule has 1 atom stereocenters. The van der Waals surface area contributed by atoms with E-state index in [9.17, 15) is 0 Å². The van der Waals surface area contributed by atoms with Gasteiger partial charge in [-0.1, -0.05) is 13.8 Å². The van der Waals surface area contributed by atoms with Crippen molar-refractivity contribution in [2.24, 2.45) is 5.41 Å². The molecular weight excluding hydrogens is 166 g/mol. The molecule has 0 aromatic heterocycles. The van der Waals surface area contributed by atoms with Gasteiger partial charge in [0.15, 0.2) is 0 Å². The van der Waals surface area contributed by atoms with Crippen molar-refractivity contribution in [1.29, 1.82) is 0 Å². The van der Waals surface area contributed by atoms with Crippen LogP contribution >= 0.6 is 0 Å². The fourth-order valence-corrected chi connectivity index (χ4v) is 1.51. The summed E-state index contributed by atoms with van der Waals surface area (Å²) >= 11 is 0. The molecule has 0 amide bonds. The van der Waals surface area contributed by atoms with E-state index < -0.39 is 0 Å². The zero-order valence-corrected chi connectivity index (χ0v) is 8.68. The summed E-state index contributed by atoms with van der Waals surface area (Å²) in [4.78, 5) is 0. The van der Waals surface area contributed by atoms with E-state index in [1.165, 1.54) is 0 Å². The van der Waals surface area contributed by atoms with Gasteiger partial charge in [0.2, 0.25) is 0 Å². The molecule has 0 aromatic carbocycles. The van der Waals surface area contributed by atoms with Crippen LogP contribution in [0.5, 0.6) is 0 Å². The molecule has 0 radical (unpaired) electrons.